The summed E-state index contributed by atoms with van der Waals surface area (Å²) in [5.41, 5.74) is 1.85. The van der Waals surface area contributed by atoms with Gasteiger partial charge in [-0.05, 0) is 71.1 Å². The molecule has 0 unspecified atom stereocenters. The summed E-state index contributed by atoms with van der Waals surface area (Å²) in [6.45, 7) is 1.60. The van der Waals surface area contributed by atoms with Crippen molar-refractivity contribution in [2.24, 2.45) is 0 Å². The summed E-state index contributed by atoms with van der Waals surface area (Å²) in [5.74, 6) is 0.0794. The molecule has 0 saturated carbocycles. The summed E-state index contributed by atoms with van der Waals surface area (Å²) in [7, 11) is 0. The zero-order chi connectivity index (χ0) is 24.2. The Hall–Kier alpha value is -3.58. The minimum absolute atomic E-state index is 0.169. The summed E-state index contributed by atoms with van der Waals surface area (Å²) in [5, 5.41) is 1.91. The molecular formula is C28H26N2O4S. The zero-order valence-corrected chi connectivity index (χ0v) is 20.1. The Morgan fingerprint density at radius 2 is 1.71 bits per heavy atom. The van der Waals surface area contributed by atoms with Crippen molar-refractivity contribution in [3.63, 3.8) is 0 Å². The third-order valence-corrected chi connectivity index (χ3v) is 7.21. The van der Waals surface area contributed by atoms with E-state index in [9.17, 15) is 14.4 Å². The van der Waals surface area contributed by atoms with Crippen LogP contribution in [0.5, 0.6) is 5.75 Å². The predicted octanol–water partition coefficient (Wildman–Crippen LogP) is 5.47. The van der Waals surface area contributed by atoms with E-state index in [4.69, 9.17) is 4.74 Å². The van der Waals surface area contributed by atoms with E-state index in [1.54, 1.807) is 11.0 Å². The molecule has 0 aromatic heterocycles. The number of fused-ring (bicyclic) bond motifs is 1. The van der Waals surface area contributed by atoms with Crippen molar-refractivity contribution in [3.05, 3.63) is 82.8 Å². The maximum atomic E-state index is 12.9. The quantitative estimate of drug-likeness (QED) is 0.433. The van der Waals surface area contributed by atoms with Gasteiger partial charge in [-0.2, -0.15) is 0 Å². The minimum atomic E-state index is -0.424. The van der Waals surface area contributed by atoms with Gasteiger partial charge in [-0.1, -0.05) is 54.6 Å². The van der Waals surface area contributed by atoms with E-state index in [0.717, 1.165) is 57.8 Å². The zero-order valence-electron chi connectivity index (χ0n) is 19.3. The highest BCUT2D eigenvalue weighted by molar-refractivity contribution is 8.18. The Kier molecular flexibility index (Phi) is 6.86. The Morgan fingerprint density at radius 3 is 2.57 bits per heavy atom. The van der Waals surface area contributed by atoms with Crippen LogP contribution in [-0.2, 0) is 16.2 Å². The molecule has 3 amide bonds. The van der Waals surface area contributed by atoms with Gasteiger partial charge in [0.2, 0.25) is 5.91 Å². The number of rotatable bonds is 6. The molecular weight excluding hydrogens is 460 g/mol. The molecule has 178 valence electrons. The molecule has 0 spiro atoms. The van der Waals surface area contributed by atoms with E-state index < -0.39 is 11.1 Å². The minimum Gasteiger partial charge on any atom is -0.489 e. The second-order valence-electron chi connectivity index (χ2n) is 8.71. The van der Waals surface area contributed by atoms with Crippen LogP contribution in [-0.4, -0.2) is 46.5 Å². The lowest BCUT2D eigenvalue weighted by molar-refractivity contribution is -0.136. The van der Waals surface area contributed by atoms with Crippen molar-refractivity contribution in [2.75, 3.05) is 19.6 Å². The summed E-state index contributed by atoms with van der Waals surface area (Å²) in [6, 6.07) is 21.8. The third-order valence-electron chi connectivity index (χ3n) is 6.31. The Balaban J connectivity index is 1.26. The smallest absolute Gasteiger partial charge is 0.294 e. The number of hydrogen-bond acceptors (Lipinski definition) is 5. The summed E-state index contributed by atoms with van der Waals surface area (Å²) >= 11 is 0.870. The van der Waals surface area contributed by atoms with E-state index in [0.29, 0.717) is 30.4 Å². The van der Waals surface area contributed by atoms with E-state index >= 15 is 0 Å². The van der Waals surface area contributed by atoms with E-state index in [1.807, 2.05) is 48.5 Å². The largest absolute Gasteiger partial charge is 0.489 e. The number of amides is 3. The number of thioether (sulfide) groups is 1. The van der Waals surface area contributed by atoms with Crippen molar-refractivity contribution in [1.29, 1.82) is 0 Å². The average molecular weight is 487 g/mol. The van der Waals surface area contributed by atoms with Gasteiger partial charge >= 0.3 is 0 Å². The first-order valence-corrected chi connectivity index (χ1v) is 12.6. The summed E-state index contributed by atoms with van der Waals surface area (Å²) in [6.07, 6.45) is 4.72. The first-order chi connectivity index (χ1) is 17.1. The van der Waals surface area contributed by atoms with Gasteiger partial charge in [0.05, 0.1) is 4.91 Å². The Bertz CT molecular complexity index is 1310. The summed E-state index contributed by atoms with van der Waals surface area (Å²) < 4.78 is 6.05. The van der Waals surface area contributed by atoms with Crippen LogP contribution in [0.1, 0.15) is 30.4 Å². The van der Waals surface area contributed by atoms with Crippen LogP contribution < -0.4 is 4.74 Å². The second-order valence-corrected chi connectivity index (χ2v) is 9.70. The molecule has 0 N–H and O–H groups in total. The first kappa shape index (κ1) is 23.2. The number of piperidine rings is 1. The van der Waals surface area contributed by atoms with Gasteiger partial charge in [0, 0.05) is 13.1 Å². The van der Waals surface area contributed by atoms with Gasteiger partial charge in [0.15, 0.2) is 0 Å². The number of likely N-dealkylation sites (tertiary alicyclic amines) is 1. The normalized spacial score (nSPS) is 17.4. The molecule has 7 heteroatoms. The van der Waals surface area contributed by atoms with E-state index in [2.05, 4.69) is 18.2 Å². The highest BCUT2D eigenvalue weighted by Gasteiger charge is 2.37. The molecule has 0 atom stereocenters. The van der Waals surface area contributed by atoms with Crippen molar-refractivity contribution in [3.8, 4) is 5.75 Å². The van der Waals surface area contributed by atoms with Crippen LogP contribution in [0, 0.1) is 0 Å². The SMILES string of the molecule is O=C(CN1C(=O)S/C(=C/c2cccc(OCc3cccc4ccccc34)c2)C1=O)N1CCCCC1. The van der Waals surface area contributed by atoms with Crippen molar-refractivity contribution in [2.45, 2.75) is 25.9 Å². The molecule has 2 fully saturated rings. The van der Waals surface area contributed by atoms with Gasteiger partial charge in [0.1, 0.15) is 18.9 Å². The van der Waals surface area contributed by atoms with Crippen molar-refractivity contribution >= 4 is 45.7 Å². The van der Waals surface area contributed by atoms with Gasteiger partial charge in [-0.3, -0.25) is 19.3 Å². The van der Waals surface area contributed by atoms with Crippen LogP contribution in [0.25, 0.3) is 16.8 Å². The summed E-state index contributed by atoms with van der Waals surface area (Å²) in [4.78, 5) is 41.0. The third kappa shape index (κ3) is 5.25. The van der Waals surface area contributed by atoms with Crippen molar-refractivity contribution < 1.29 is 19.1 Å². The van der Waals surface area contributed by atoms with Crippen LogP contribution in [0.3, 0.4) is 0 Å². The molecule has 2 heterocycles. The lowest BCUT2D eigenvalue weighted by atomic mass is 10.1. The lowest BCUT2D eigenvalue weighted by Gasteiger charge is -2.27. The molecule has 3 aromatic rings. The maximum Gasteiger partial charge on any atom is 0.294 e. The molecule has 0 aliphatic carbocycles. The number of imide groups is 1. The molecule has 5 rings (SSSR count). The Morgan fingerprint density at radius 1 is 0.943 bits per heavy atom. The number of benzene rings is 3. The fraction of sp³-hybridized carbons (Fsp3) is 0.250. The molecule has 0 radical (unpaired) electrons. The Labute approximate surface area is 208 Å². The van der Waals surface area contributed by atoms with Gasteiger partial charge in [-0.25, -0.2) is 0 Å². The average Bonchev–Trinajstić information content (AvgIpc) is 3.15. The number of nitrogens with zero attached hydrogens (tertiary/aromatic N) is 2. The van der Waals surface area contributed by atoms with E-state index in [1.165, 1.54) is 0 Å². The van der Waals surface area contributed by atoms with Crippen LogP contribution in [0.2, 0.25) is 0 Å². The molecule has 0 bridgehead atoms. The molecule has 2 saturated heterocycles. The monoisotopic (exact) mass is 486 g/mol. The molecule has 6 nitrogen and oxygen atoms in total. The fourth-order valence-electron chi connectivity index (χ4n) is 4.44. The van der Waals surface area contributed by atoms with Crippen LogP contribution in [0.15, 0.2) is 71.6 Å². The van der Waals surface area contributed by atoms with Crippen molar-refractivity contribution in [1.82, 2.24) is 9.80 Å². The lowest BCUT2D eigenvalue weighted by Crippen LogP contribution is -2.44. The molecule has 2 aliphatic rings. The highest BCUT2D eigenvalue weighted by atomic mass is 32.2. The fourth-order valence-corrected chi connectivity index (χ4v) is 5.28. The number of hydrogen-bond donors (Lipinski definition) is 0. The highest BCUT2D eigenvalue weighted by Crippen LogP contribution is 2.33. The molecule has 2 aliphatic heterocycles. The predicted molar refractivity (Wildman–Crippen MR) is 138 cm³/mol. The topological polar surface area (TPSA) is 66.9 Å². The van der Waals surface area contributed by atoms with E-state index in [-0.39, 0.29) is 12.5 Å². The molecule has 35 heavy (non-hydrogen) atoms. The van der Waals surface area contributed by atoms with Crippen LogP contribution in [0.4, 0.5) is 4.79 Å². The molecule has 3 aromatic carbocycles. The first-order valence-electron chi connectivity index (χ1n) is 11.8. The number of carbonyl (C=O) groups excluding carboxylic acids is 3. The van der Waals surface area contributed by atoms with Gasteiger partial charge in [0.25, 0.3) is 11.1 Å². The standard InChI is InChI=1S/C28H26N2O4S/c31-26(29-14-4-1-5-15-29)18-30-27(32)25(35-28(30)33)17-20-8-6-12-23(16-20)34-19-22-11-7-10-21-9-2-3-13-24(21)22/h2-3,6-13,16-17H,1,4-5,14-15,18-19H2/b25-17+. The van der Waals surface area contributed by atoms with Gasteiger partial charge < -0.3 is 9.64 Å². The second kappa shape index (κ2) is 10.4. The van der Waals surface area contributed by atoms with Gasteiger partial charge in [-0.15, -0.1) is 0 Å². The van der Waals surface area contributed by atoms with Crippen LogP contribution >= 0.6 is 11.8 Å². The number of carbonyl (C=O) groups is 3. The maximum absolute atomic E-state index is 12.9. The number of ether oxygens (including phenoxy) is 1.